The van der Waals surface area contributed by atoms with Crippen molar-refractivity contribution in [1.82, 2.24) is 0 Å². The van der Waals surface area contributed by atoms with Crippen LogP contribution in [-0.4, -0.2) is 0 Å². The molecule has 0 unspecified atom stereocenters. The average Bonchev–Trinajstić information content (AvgIpc) is 1.27. The SMILES string of the molecule is C=C(C)C[C-](C)C. The van der Waals surface area contributed by atoms with Crippen molar-refractivity contribution in [1.29, 1.82) is 0 Å². The number of hydrogen-bond donors (Lipinski definition) is 0. The van der Waals surface area contributed by atoms with Crippen LogP contribution in [0.25, 0.3) is 0 Å². The molecular formula is C7H13-. The first-order chi connectivity index (χ1) is 3.13. The van der Waals surface area contributed by atoms with Gasteiger partial charge in [-0.2, -0.15) is 20.3 Å². The molecular weight excluding hydrogens is 84.1 g/mol. The molecule has 0 spiro atoms. The predicted molar refractivity (Wildman–Crippen MR) is 34.0 cm³/mol. The summed E-state index contributed by atoms with van der Waals surface area (Å²) in [5, 5.41) is 0. The molecule has 0 heterocycles. The Hall–Kier alpha value is -0.260. The third-order valence-corrected chi connectivity index (χ3v) is 0.655. The maximum absolute atomic E-state index is 3.77. The molecule has 0 saturated heterocycles. The van der Waals surface area contributed by atoms with Gasteiger partial charge in [0.05, 0.1) is 0 Å². The Kier molecular flexibility index (Phi) is 2.73. The van der Waals surface area contributed by atoms with Gasteiger partial charge in [-0.3, -0.25) is 0 Å². The Labute approximate surface area is 46.2 Å². The van der Waals surface area contributed by atoms with Crippen LogP contribution in [0.5, 0.6) is 0 Å². The zero-order valence-corrected chi connectivity index (χ0v) is 5.41. The molecule has 0 saturated carbocycles. The third-order valence-electron chi connectivity index (χ3n) is 0.655. The van der Waals surface area contributed by atoms with E-state index >= 15 is 0 Å². The first-order valence-corrected chi connectivity index (χ1v) is 2.56. The summed E-state index contributed by atoms with van der Waals surface area (Å²) in [7, 11) is 0. The van der Waals surface area contributed by atoms with Crippen LogP contribution in [0.2, 0.25) is 0 Å². The van der Waals surface area contributed by atoms with Crippen molar-refractivity contribution in [3.63, 3.8) is 0 Å². The summed E-state index contributed by atoms with van der Waals surface area (Å²) in [6.07, 6.45) is 1.08. The number of rotatable bonds is 2. The lowest BCUT2D eigenvalue weighted by Crippen LogP contribution is -1.82. The van der Waals surface area contributed by atoms with Crippen molar-refractivity contribution in [2.75, 3.05) is 0 Å². The minimum Gasteiger partial charge on any atom is -0.316 e. The maximum atomic E-state index is 3.77. The molecule has 0 amide bonds. The molecule has 0 aromatic carbocycles. The van der Waals surface area contributed by atoms with Gasteiger partial charge in [-0.15, -0.1) is 12.2 Å². The highest BCUT2D eigenvalue weighted by molar-refractivity contribution is 4.98. The first-order valence-electron chi connectivity index (χ1n) is 2.56. The fourth-order valence-corrected chi connectivity index (χ4v) is 0.604. The third kappa shape index (κ3) is 5.74. The van der Waals surface area contributed by atoms with Crippen molar-refractivity contribution in [3.8, 4) is 0 Å². The van der Waals surface area contributed by atoms with E-state index in [4.69, 9.17) is 0 Å². The summed E-state index contributed by atoms with van der Waals surface area (Å²) in [5.41, 5.74) is 1.25. The summed E-state index contributed by atoms with van der Waals surface area (Å²) < 4.78 is 0. The van der Waals surface area contributed by atoms with Gasteiger partial charge in [0.2, 0.25) is 0 Å². The van der Waals surface area contributed by atoms with Crippen molar-refractivity contribution in [2.45, 2.75) is 27.2 Å². The van der Waals surface area contributed by atoms with Gasteiger partial charge in [-0.05, 0) is 6.92 Å². The highest BCUT2D eigenvalue weighted by Crippen LogP contribution is 2.08. The van der Waals surface area contributed by atoms with Crippen LogP contribution < -0.4 is 0 Å². The molecule has 0 fully saturated rings. The second-order valence-electron chi connectivity index (χ2n) is 2.34. The lowest BCUT2D eigenvalue weighted by Gasteiger charge is -2.15. The number of hydrogen-bond acceptors (Lipinski definition) is 0. The molecule has 7 heavy (non-hydrogen) atoms. The fourth-order valence-electron chi connectivity index (χ4n) is 0.604. The molecule has 0 N–H and O–H groups in total. The van der Waals surface area contributed by atoms with Gasteiger partial charge in [0.15, 0.2) is 0 Å². The van der Waals surface area contributed by atoms with Gasteiger partial charge in [-0.1, -0.05) is 0 Å². The number of allylic oxidation sites excluding steroid dienone is 1. The Bertz CT molecular complexity index is 60.4. The highest BCUT2D eigenvalue weighted by Gasteiger charge is 1.76. The van der Waals surface area contributed by atoms with Crippen LogP contribution in [0.1, 0.15) is 27.2 Å². The normalized spacial score (nSPS) is 9.71. The van der Waals surface area contributed by atoms with E-state index in [1.165, 1.54) is 11.5 Å². The molecule has 0 aliphatic rings. The van der Waals surface area contributed by atoms with Gasteiger partial charge in [0, 0.05) is 0 Å². The second-order valence-corrected chi connectivity index (χ2v) is 2.34. The first kappa shape index (κ1) is 6.74. The predicted octanol–water partition coefficient (Wildman–Crippen LogP) is 2.57. The maximum Gasteiger partial charge on any atom is -0.0468 e. The molecule has 0 rings (SSSR count). The second kappa shape index (κ2) is 2.84. The monoisotopic (exact) mass is 97.1 g/mol. The topological polar surface area (TPSA) is 0 Å². The van der Waals surface area contributed by atoms with E-state index in [1.54, 1.807) is 0 Å². The van der Waals surface area contributed by atoms with E-state index < -0.39 is 0 Å². The minimum atomic E-state index is 1.08. The lowest BCUT2D eigenvalue weighted by molar-refractivity contribution is 0.945. The van der Waals surface area contributed by atoms with Crippen molar-refractivity contribution >= 4 is 0 Å². The summed E-state index contributed by atoms with van der Waals surface area (Å²) in [4.78, 5) is 0. The Morgan fingerprint density at radius 3 is 2.00 bits per heavy atom. The van der Waals surface area contributed by atoms with Gasteiger partial charge >= 0.3 is 0 Å². The molecule has 0 aliphatic heterocycles. The summed E-state index contributed by atoms with van der Waals surface area (Å²) in [6, 6.07) is 0. The van der Waals surface area contributed by atoms with Crippen molar-refractivity contribution < 1.29 is 0 Å². The zero-order chi connectivity index (χ0) is 5.86. The van der Waals surface area contributed by atoms with Gasteiger partial charge in [0.1, 0.15) is 0 Å². The molecule has 0 bridgehead atoms. The zero-order valence-electron chi connectivity index (χ0n) is 5.41. The molecule has 0 heteroatoms. The van der Waals surface area contributed by atoms with Crippen LogP contribution >= 0.6 is 0 Å². The summed E-state index contributed by atoms with van der Waals surface area (Å²) in [5.74, 6) is 1.44. The molecule has 42 valence electrons. The van der Waals surface area contributed by atoms with Crippen molar-refractivity contribution in [2.24, 2.45) is 0 Å². The average molecular weight is 97.2 g/mol. The van der Waals surface area contributed by atoms with Gasteiger partial charge in [-0.25, -0.2) is 0 Å². The fraction of sp³-hybridized carbons (Fsp3) is 0.571. The van der Waals surface area contributed by atoms with Crippen LogP contribution in [0, 0.1) is 5.92 Å². The van der Waals surface area contributed by atoms with Crippen LogP contribution in [0.3, 0.4) is 0 Å². The summed E-state index contributed by atoms with van der Waals surface area (Å²) in [6.45, 7) is 10.1. The highest BCUT2D eigenvalue weighted by atomic mass is 14.0. The lowest BCUT2D eigenvalue weighted by atomic mass is 10.1. The quantitative estimate of drug-likeness (QED) is 0.367. The van der Waals surface area contributed by atoms with E-state index in [9.17, 15) is 0 Å². The molecule has 0 atom stereocenters. The standard InChI is InChI=1S/C7H13/c1-6(2)5-7(3)4/h1,5H2,2-4H3/q-1. The van der Waals surface area contributed by atoms with Gasteiger partial charge < -0.3 is 5.92 Å². The van der Waals surface area contributed by atoms with E-state index in [-0.39, 0.29) is 0 Å². The van der Waals surface area contributed by atoms with E-state index in [2.05, 4.69) is 20.4 Å². The van der Waals surface area contributed by atoms with E-state index in [0.29, 0.717) is 0 Å². The Balaban J connectivity index is 3.13. The molecule has 0 aromatic heterocycles. The minimum absolute atomic E-state index is 1.08. The van der Waals surface area contributed by atoms with E-state index in [1.807, 2.05) is 6.92 Å². The van der Waals surface area contributed by atoms with Crippen LogP contribution in [0.15, 0.2) is 12.2 Å². The summed E-state index contributed by atoms with van der Waals surface area (Å²) >= 11 is 0. The van der Waals surface area contributed by atoms with Crippen LogP contribution in [0.4, 0.5) is 0 Å². The van der Waals surface area contributed by atoms with E-state index in [0.717, 1.165) is 6.42 Å². The van der Waals surface area contributed by atoms with Crippen molar-refractivity contribution in [3.05, 3.63) is 18.1 Å². The molecule has 0 aliphatic carbocycles. The molecule has 0 radical (unpaired) electrons. The van der Waals surface area contributed by atoms with Gasteiger partial charge in [0.25, 0.3) is 0 Å². The van der Waals surface area contributed by atoms with Crippen LogP contribution in [-0.2, 0) is 0 Å². The molecule has 0 nitrogen and oxygen atoms in total. The Morgan fingerprint density at radius 1 is 1.57 bits per heavy atom. The largest absolute Gasteiger partial charge is 0.316 e. The smallest absolute Gasteiger partial charge is 0.0468 e. The molecule has 0 aromatic rings. The Morgan fingerprint density at radius 2 is 2.00 bits per heavy atom.